The number of nitrogens with zero attached hydrogens (tertiary/aromatic N) is 1. The van der Waals surface area contributed by atoms with Crippen molar-refractivity contribution in [1.29, 1.82) is 0 Å². The zero-order valence-electron chi connectivity index (χ0n) is 17.0. The number of rotatable bonds is 4. The molecule has 0 fully saturated rings. The highest BCUT2D eigenvalue weighted by Crippen LogP contribution is 2.22. The highest BCUT2D eigenvalue weighted by Gasteiger charge is 2.17. The van der Waals surface area contributed by atoms with Gasteiger partial charge < -0.3 is 5.11 Å². The molecule has 0 saturated heterocycles. The third kappa shape index (κ3) is 4.61. The van der Waals surface area contributed by atoms with Crippen LogP contribution < -0.4 is 4.72 Å². The average molecular weight is 442 g/mol. The summed E-state index contributed by atoms with van der Waals surface area (Å²) in [4.78, 5) is 15.4. The molecule has 3 aromatic carbocycles. The minimum absolute atomic E-state index is 0.127. The number of carboxylic acid groups (broad SMARTS) is 1. The van der Waals surface area contributed by atoms with Gasteiger partial charge in [-0.05, 0) is 66.2 Å². The van der Waals surface area contributed by atoms with Crippen LogP contribution in [-0.2, 0) is 10.0 Å². The van der Waals surface area contributed by atoms with Gasteiger partial charge in [-0.25, -0.2) is 18.2 Å². The van der Waals surface area contributed by atoms with E-state index in [4.69, 9.17) is 5.11 Å². The maximum atomic E-state index is 13.0. The Kier molecular flexibility index (Phi) is 5.63. The summed E-state index contributed by atoms with van der Waals surface area (Å²) < 4.78 is 28.6. The van der Waals surface area contributed by atoms with Crippen molar-refractivity contribution in [3.8, 4) is 11.8 Å². The van der Waals surface area contributed by atoms with Crippen LogP contribution in [0.1, 0.15) is 27.2 Å². The molecule has 0 amide bonds. The Morgan fingerprint density at radius 1 is 0.906 bits per heavy atom. The fourth-order valence-electron chi connectivity index (χ4n) is 3.09. The smallest absolute Gasteiger partial charge is 0.335 e. The number of hydrogen-bond donors (Lipinski definition) is 2. The van der Waals surface area contributed by atoms with E-state index in [0.717, 1.165) is 10.8 Å². The number of hydrogen-bond acceptors (Lipinski definition) is 4. The fraction of sp³-hybridized carbons (Fsp3) is 0.0400. The van der Waals surface area contributed by atoms with Crippen LogP contribution in [-0.4, -0.2) is 24.5 Å². The number of anilines is 1. The predicted octanol–water partition coefficient (Wildman–Crippen LogP) is 4.44. The highest BCUT2D eigenvalue weighted by molar-refractivity contribution is 7.92. The van der Waals surface area contributed by atoms with E-state index in [0.29, 0.717) is 16.8 Å². The van der Waals surface area contributed by atoms with Crippen molar-refractivity contribution in [2.24, 2.45) is 0 Å². The summed E-state index contributed by atoms with van der Waals surface area (Å²) in [7, 11) is -3.89. The maximum Gasteiger partial charge on any atom is 0.335 e. The lowest BCUT2D eigenvalue weighted by Gasteiger charge is -2.10. The fourth-order valence-corrected chi connectivity index (χ4v) is 4.15. The van der Waals surface area contributed by atoms with Crippen LogP contribution in [0.5, 0.6) is 0 Å². The van der Waals surface area contributed by atoms with E-state index >= 15 is 0 Å². The van der Waals surface area contributed by atoms with Crippen LogP contribution in [0.15, 0.2) is 83.8 Å². The first-order valence-electron chi connectivity index (χ1n) is 9.66. The Balaban J connectivity index is 1.67. The van der Waals surface area contributed by atoms with E-state index in [1.54, 1.807) is 49.4 Å². The lowest BCUT2D eigenvalue weighted by molar-refractivity contribution is 0.0697. The lowest BCUT2D eigenvalue weighted by atomic mass is 10.1. The van der Waals surface area contributed by atoms with E-state index in [9.17, 15) is 13.2 Å². The van der Waals surface area contributed by atoms with Gasteiger partial charge in [-0.3, -0.25) is 4.72 Å². The van der Waals surface area contributed by atoms with E-state index < -0.39 is 16.0 Å². The normalized spacial score (nSPS) is 10.9. The molecule has 1 aromatic heterocycles. The van der Waals surface area contributed by atoms with Gasteiger partial charge in [0.15, 0.2) is 5.82 Å². The van der Waals surface area contributed by atoms with Gasteiger partial charge in [0.25, 0.3) is 10.0 Å². The van der Waals surface area contributed by atoms with Crippen molar-refractivity contribution in [1.82, 2.24) is 4.98 Å². The number of aromatic nitrogens is 1. The van der Waals surface area contributed by atoms with Crippen molar-refractivity contribution >= 4 is 32.6 Å². The second-order valence-corrected chi connectivity index (χ2v) is 8.78. The molecular weight excluding hydrogens is 424 g/mol. The molecule has 7 heteroatoms. The quantitative estimate of drug-likeness (QED) is 0.456. The topological polar surface area (TPSA) is 96.4 Å². The summed E-state index contributed by atoms with van der Waals surface area (Å²) in [5, 5.41) is 10.8. The van der Waals surface area contributed by atoms with E-state index in [1.807, 2.05) is 24.3 Å². The number of pyridine rings is 1. The Hall–Kier alpha value is -4.15. The maximum absolute atomic E-state index is 13.0. The summed E-state index contributed by atoms with van der Waals surface area (Å²) in [5.74, 6) is 4.96. The minimum atomic E-state index is -3.89. The summed E-state index contributed by atoms with van der Waals surface area (Å²) in [5.41, 5.74) is 1.80. The number of aryl methyl sites for hydroxylation is 1. The van der Waals surface area contributed by atoms with Crippen LogP contribution in [0, 0.1) is 18.8 Å². The van der Waals surface area contributed by atoms with Crippen LogP contribution in [0.25, 0.3) is 10.8 Å². The number of fused-ring (bicyclic) bond motifs is 1. The summed E-state index contributed by atoms with van der Waals surface area (Å²) in [6, 6.07) is 22.0. The summed E-state index contributed by atoms with van der Waals surface area (Å²) in [6.07, 6.45) is 0. The largest absolute Gasteiger partial charge is 0.478 e. The Morgan fingerprint density at radius 3 is 2.34 bits per heavy atom. The molecule has 4 aromatic rings. The summed E-state index contributed by atoms with van der Waals surface area (Å²) >= 11 is 0. The Morgan fingerprint density at radius 2 is 1.62 bits per heavy atom. The van der Waals surface area contributed by atoms with E-state index in [2.05, 4.69) is 21.5 Å². The molecular formula is C25H18N2O4S. The number of carboxylic acids is 1. The van der Waals surface area contributed by atoms with Crippen molar-refractivity contribution in [2.45, 2.75) is 11.8 Å². The van der Waals surface area contributed by atoms with Gasteiger partial charge in [-0.15, -0.1) is 0 Å². The van der Waals surface area contributed by atoms with Gasteiger partial charge in [0.2, 0.25) is 0 Å². The molecule has 2 N–H and O–H groups in total. The molecule has 0 aliphatic carbocycles. The number of sulfonamides is 1. The molecule has 6 nitrogen and oxygen atoms in total. The van der Waals surface area contributed by atoms with Gasteiger partial charge in [-0.1, -0.05) is 42.2 Å². The highest BCUT2D eigenvalue weighted by atomic mass is 32.2. The van der Waals surface area contributed by atoms with Crippen LogP contribution >= 0.6 is 0 Å². The van der Waals surface area contributed by atoms with E-state index in [1.165, 1.54) is 12.1 Å². The average Bonchev–Trinajstić information content (AvgIpc) is 2.78. The molecule has 4 rings (SSSR count). The monoisotopic (exact) mass is 442 g/mol. The molecule has 158 valence electrons. The third-order valence-electron chi connectivity index (χ3n) is 4.77. The molecule has 0 aliphatic rings. The van der Waals surface area contributed by atoms with Gasteiger partial charge in [0.05, 0.1) is 16.0 Å². The second kappa shape index (κ2) is 8.53. The Bertz CT molecular complexity index is 1500. The minimum Gasteiger partial charge on any atom is -0.478 e. The molecule has 1 heterocycles. The standard InChI is InChI=1S/C25H18N2O4S/c1-17-6-10-20(11-7-18-8-12-21(13-9-18)25(28)29)24(26-17)27-32(30,31)23-15-14-19-4-2-3-5-22(19)16-23/h2-6,8-10,12-16H,1H3,(H,26,27)(H,28,29). The molecule has 32 heavy (non-hydrogen) atoms. The third-order valence-corrected chi connectivity index (χ3v) is 6.11. The Labute approximate surface area is 185 Å². The van der Waals surface area contributed by atoms with Crippen molar-refractivity contribution in [2.75, 3.05) is 4.72 Å². The zero-order chi connectivity index (χ0) is 22.7. The SMILES string of the molecule is Cc1ccc(C#Cc2ccc(C(=O)O)cc2)c(NS(=O)(=O)c2ccc3ccccc3c2)n1. The molecule has 0 atom stereocenters. The van der Waals surface area contributed by atoms with Crippen LogP contribution in [0.2, 0.25) is 0 Å². The first-order chi connectivity index (χ1) is 15.3. The van der Waals surface area contributed by atoms with Crippen molar-refractivity contribution < 1.29 is 18.3 Å². The van der Waals surface area contributed by atoms with E-state index in [-0.39, 0.29) is 16.3 Å². The molecule has 0 saturated carbocycles. The van der Waals surface area contributed by atoms with Crippen LogP contribution in [0.3, 0.4) is 0 Å². The molecule has 0 bridgehead atoms. The predicted molar refractivity (Wildman–Crippen MR) is 123 cm³/mol. The van der Waals surface area contributed by atoms with Gasteiger partial charge in [-0.2, -0.15) is 0 Å². The van der Waals surface area contributed by atoms with Gasteiger partial charge in [0, 0.05) is 11.3 Å². The molecule has 0 unspecified atom stereocenters. The number of aromatic carboxylic acids is 1. The number of carbonyl (C=O) groups is 1. The zero-order valence-corrected chi connectivity index (χ0v) is 17.8. The summed E-state index contributed by atoms with van der Waals surface area (Å²) in [6.45, 7) is 1.76. The molecule has 0 radical (unpaired) electrons. The lowest BCUT2D eigenvalue weighted by Crippen LogP contribution is -2.15. The second-order valence-electron chi connectivity index (χ2n) is 7.10. The van der Waals surface area contributed by atoms with Crippen molar-refractivity contribution in [3.05, 3.63) is 101 Å². The number of nitrogens with one attached hydrogen (secondary N) is 1. The van der Waals surface area contributed by atoms with Gasteiger partial charge in [0.1, 0.15) is 0 Å². The molecule has 0 aliphatic heterocycles. The first-order valence-corrected chi connectivity index (χ1v) is 11.1. The first kappa shape index (κ1) is 21.1. The number of benzene rings is 3. The van der Waals surface area contributed by atoms with Crippen LogP contribution in [0.4, 0.5) is 5.82 Å². The van der Waals surface area contributed by atoms with Gasteiger partial charge >= 0.3 is 5.97 Å². The van der Waals surface area contributed by atoms with Crippen molar-refractivity contribution in [3.63, 3.8) is 0 Å². The molecule has 0 spiro atoms.